The van der Waals surface area contributed by atoms with Crippen LogP contribution in [0.15, 0.2) is 36.4 Å². The van der Waals surface area contributed by atoms with E-state index in [1.165, 1.54) is 5.56 Å². The highest BCUT2D eigenvalue weighted by Crippen LogP contribution is 2.25. The van der Waals surface area contributed by atoms with Crippen LogP contribution in [0.25, 0.3) is 0 Å². The Hall–Kier alpha value is -2.14. The lowest BCUT2D eigenvalue weighted by atomic mass is 9.88. The molecule has 2 atom stereocenters. The summed E-state index contributed by atoms with van der Waals surface area (Å²) in [6.45, 7) is 6.10. The zero-order chi connectivity index (χ0) is 17.8. The molecule has 2 aromatic rings. The Morgan fingerprint density at radius 2 is 2.08 bits per heavy atom. The van der Waals surface area contributed by atoms with E-state index in [1.807, 2.05) is 30.9 Å². The maximum atomic E-state index is 13.0. The van der Waals surface area contributed by atoms with Crippen molar-refractivity contribution in [3.05, 3.63) is 53.3 Å². The van der Waals surface area contributed by atoms with E-state index < -0.39 is 0 Å². The van der Waals surface area contributed by atoms with Crippen LogP contribution in [0.1, 0.15) is 35.1 Å². The third kappa shape index (κ3) is 3.93. The predicted molar refractivity (Wildman–Crippen MR) is 97.6 cm³/mol. The molecule has 0 spiro atoms. The van der Waals surface area contributed by atoms with Gasteiger partial charge in [0.2, 0.25) is 0 Å². The van der Waals surface area contributed by atoms with Crippen molar-refractivity contribution in [2.75, 3.05) is 20.2 Å². The van der Waals surface area contributed by atoms with E-state index in [-0.39, 0.29) is 12.0 Å². The number of rotatable bonds is 5. The van der Waals surface area contributed by atoms with Gasteiger partial charge in [0.25, 0.3) is 5.91 Å². The van der Waals surface area contributed by atoms with E-state index in [2.05, 4.69) is 29.4 Å². The molecule has 5 heteroatoms. The van der Waals surface area contributed by atoms with E-state index in [4.69, 9.17) is 4.74 Å². The molecule has 25 heavy (non-hydrogen) atoms. The Morgan fingerprint density at radius 1 is 1.32 bits per heavy atom. The summed E-state index contributed by atoms with van der Waals surface area (Å²) in [4.78, 5) is 15.0. The molecule has 0 bridgehead atoms. The second kappa shape index (κ2) is 7.83. The first-order chi connectivity index (χ1) is 12.1. The predicted octanol–water partition coefficient (Wildman–Crippen LogP) is 2.93. The molecule has 1 aliphatic rings. The maximum Gasteiger partial charge on any atom is 0.272 e. The summed E-state index contributed by atoms with van der Waals surface area (Å²) in [5.74, 6) is 0.388. The van der Waals surface area contributed by atoms with Gasteiger partial charge in [0.1, 0.15) is 5.69 Å². The molecule has 0 radical (unpaired) electrons. The monoisotopic (exact) mass is 341 g/mol. The van der Waals surface area contributed by atoms with Crippen molar-refractivity contribution >= 4 is 5.91 Å². The number of hydrogen-bond acceptors (Lipinski definition) is 3. The zero-order valence-electron chi connectivity index (χ0n) is 15.3. The van der Waals surface area contributed by atoms with Gasteiger partial charge in [-0.3, -0.25) is 9.48 Å². The number of piperidine rings is 1. The first kappa shape index (κ1) is 17.7. The Balaban J connectivity index is 1.75. The lowest BCUT2D eigenvalue weighted by Gasteiger charge is -2.38. The number of aromatic nitrogens is 2. The molecule has 1 saturated heterocycles. The van der Waals surface area contributed by atoms with Gasteiger partial charge in [-0.2, -0.15) is 5.10 Å². The third-order valence-corrected chi connectivity index (χ3v) is 5.02. The lowest BCUT2D eigenvalue weighted by Crippen LogP contribution is -2.47. The molecule has 0 N–H and O–H groups in total. The molecule has 3 rings (SSSR count). The fourth-order valence-corrected chi connectivity index (χ4v) is 3.74. The number of amides is 1. The van der Waals surface area contributed by atoms with Crippen molar-refractivity contribution in [1.82, 2.24) is 14.7 Å². The number of nitrogens with zero attached hydrogens (tertiary/aromatic N) is 3. The summed E-state index contributed by atoms with van der Waals surface area (Å²) >= 11 is 0. The average Bonchev–Trinajstić information content (AvgIpc) is 3.02. The standard InChI is InChI=1S/C20H27N3O2/c1-4-23-18(12-15(2)21-23)20(24)22-11-10-19(25-3)17(14-22)13-16-8-6-5-7-9-16/h5-9,12,17,19H,4,10-11,13-14H2,1-3H3/t17-,19-/m1/s1. The minimum atomic E-state index is 0.0788. The molecule has 1 aromatic carbocycles. The Bertz CT molecular complexity index is 711. The third-order valence-electron chi connectivity index (χ3n) is 5.02. The minimum absolute atomic E-state index is 0.0788. The van der Waals surface area contributed by atoms with Gasteiger partial charge >= 0.3 is 0 Å². The van der Waals surface area contributed by atoms with Crippen LogP contribution in [0, 0.1) is 12.8 Å². The molecule has 2 heterocycles. The molecule has 5 nitrogen and oxygen atoms in total. The van der Waals surface area contributed by atoms with Crippen LogP contribution < -0.4 is 0 Å². The van der Waals surface area contributed by atoms with E-state index in [9.17, 15) is 4.79 Å². The largest absolute Gasteiger partial charge is 0.381 e. The highest BCUT2D eigenvalue weighted by atomic mass is 16.5. The van der Waals surface area contributed by atoms with Crippen LogP contribution >= 0.6 is 0 Å². The van der Waals surface area contributed by atoms with Gasteiger partial charge in [0.05, 0.1) is 11.8 Å². The molecule has 0 unspecified atom stereocenters. The lowest BCUT2D eigenvalue weighted by molar-refractivity contribution is -0.00334. The number of hydrogen-bond donors (Lipinski definition) is 0. The molecular formula is C20H27N3O2. The van der Waals surface area contributed by atoms with Crippen molar-refractivity contribution < 1.29 is 9.53 Å². The average molecular weight is 341 g/mol. The molecule has 1 amide bonds. The van der Waals surface area contributed by atoms with Gasteiger partial charge in [-0.25, -0.2) is 0 Å². The van der Waals surface area contributed by atoms with Crippen LogP contribution in [0.4, 0.5) is 0 Å². The topological polar surface area (TPSA) is 47.4 Å². The number of methoxy groups -OCH3 is 1. The molecule has 0 saturated carbocycles. The number of carbonyl (C=O) groups is 1. The molecular weight excluding hydrogens is 314 g/mol. The fourth-order valence-electron chi connectivity index (χ4n) is 3.74. The summed E-state index contributed by atoms with van der Waals surface area (Å²) < 4.78 is 7.50. The fraction of sp³-hybridized carbons (Fsp3) is 0.500. The van der Waals surface area contributed by atoms with Crippen LogP contribution in [-0.2, 0) is 17.7 Å². The number of likely N-dealkylation sites (tertiary alicyclic amines) is 1. The van der Waals surface area contributed by atoms with Crippen LogP contribution in [0.5, 0.6) is 0 Å². The summed E-state index contributed by atoms with van der Waals surface area (Å²) in [6.07, 6.45) is 2.00. The van der Waals surface area contributed by atoms with E-state index in [1.54, 1.807) is 11.8 Å². The number of benzene rings is 1. The van der Waals surface area contributed by atoms with Crippen LogP contribution in [0.2, 0.25) is 0 Å². The highest BCUT2D eigenvalue weighted by molar-refractivity contribution is 5.92. The van der Waals surface area contributed by atoms with Gasteiger partial charge in [-0.1, -0.05) is 30.3 Å². The highest BCUT2D eigenvalue weighted by Gasteiger charge is 2.33. The number of aryl methyl sites for hydroxylation is 2. The normalized spacial score (nSPS) is 20.7. The first-order valence-corrected chi connectivity index (χ1v) is 9.02. The van der Waals surface area contributed by atoms with Gasteiger partial charge in [-0.05, 0) is 38.3 Å². The van der Waals surface area contributed by atoms with Gasteiger partial charge in [-0.15, -0.1) is 0 Å². The van der Waals surface area contributed by atoms with Crippen molar-refractivity contribution in [3.8, 4) is 0 Å². The Labute approximate surface area is 149 Å². The zero-order valence-corrected chi connectivity index (χ0v) is 15.3. The minimum Gasteiger partial charge on any atom is -0.381 e. The van der Waals surface area contributed by atoms with E-state index in [0.717, 1.165) is 31.6 Å². The first-order valence-electron chi connectivity index (χ1n) is 9.02. The van der Waals surface area contributed by atoms with Crippen LogP contribution in [0.3, 0.4) is 0 Å². The van der Waals surface area contributed by atoms with E-state index in [0.29, 0.717) is 18.2 Å². The summed E-state index contributed by atoms with van der Waals surface area (Å²) in [5.41, 5.74) is 2.87. The molecule has 1 aromatic heterocycles. The second-order valence-corrected chi connectivity index (χ2v) is 6.75. The maximum absolute atomic E-state index is 13.0. The summed E-state index contributed by atoms with van der Waals surface area (Å²) in [7, 11) is 1.77. The van der Waals surface area contributed by atoms with Gasteiger partial charge < -0.3 is 9.64 Å². The Morgan fingerprint density at radius 3 is 2.76 bits per heavy atom. The number of carbonyl (C=O) groups excluding carboxylic acids is 1. The van der Waals surface area contributed by atoms with Gasteiger partial charge in [0, 0.05) is 32.7 Å². The molecule has 1 fully saturated rings. The molecule has 1 aliphatic heterocycles. The van der Waals surface area contributed by atoms with Crippen molar-refractivity contribution in [1.29, 1.82) is 0 Å². The smallest absolute Gasteiger partial charge is 0.272 e. The summed E-state index contributed by atoms with van der Waals surface area (Å²) in [5, 5.41) is 4.41. The van der Waals surface area contributed by atoms with E-state index >= 15 is 0 Å². The van der Waals surface area contributed by atoms with Crippen molar-refractivity contribution in [2.45, 2.75) is 39.3 Å². The molecule has 0 aliphatic carbocycles. The van der Waals surface area contributed by atoms with Crippen molar-refractivity contribution in [2.24, 2.45) is 5.92 Å². The van der Waals surface area contributed by atoms with Gasteiger partial charge in [0.15, 0.2) is 0 Å². The second-order valence-electron chi connectivity index (χ2n) is 6.75. The quantitative estimate of drug-likeness (QED) is 0.840. The summed E-state index contributed by atoms with van der Waals surface area (Å²) in [6, 6.07) is 12.3. The number of ether oxygens (including phenoxy) is 1. The Kier molecular flexibility index (Phi) is 5.53. The van der Waals surface area contributed by atoms with Crippen LogP contribution in [-0.4, -0.2) is 46.9 Å². The van der Waals surface area contributed by atoms with Crippen molar-refractivity contribution in [3.63, 3.8) is 0 Å². The molecule has 134 valence electrons. The SMILES string of the molecule is CCn1nc(C)cc1C(=O)N1CC[C@@H](OC)[C@H](Cc2ccccc2)C1.